The van der Waals surface area contributed by atoms with Gasteiger partial charge in [0.25, 0.3) is 0 Å². The number of phenols is 2. The van der Waals surface area contributed by atoms with Gasteiger partial charge in [0.05, 0.1) is 5.56 Å². The molecule has 3 N–H and O–H groups in total. The molecule has 0 fully saturated rings. The number of rotatable bonds is 3. The van der Waals surface area contributed by atoms with Crippen molar-refractivity contribution in [3.8, 4) is 11.5 Å². The van der Waals surface area contributed by atoms with Crippen LogP contribution >= 0.6 is 0 Å². The minimum Gasteiger partial charge on any atom is -0.508 e. The number of para-hydroxylation sites is 2. The Kier molecular flexibility index (Phi) is 3.30. The van der Waals surface area contributed by atoms with Crippen molar-refractivity contribution in [1.29, 1.82) is 0 Å². The fourth-order valence-corrected chi connectivity index (χ4v) is 1.69. The zero-order chi connectivity index (χ0) is 13.1. The Labute approximate surface area is 104 Å². The van der Waals surface area contributed by atoms with Gasteiger partial charge in [-0.2, -0.15) is 0 Å². The Morgan fingerprint density at radius 2 is 1.44 bits per heavy atom. The summed E-state index contributed by atoms with van der Waals surface area (Å²) < 4.78 is 0. The molecule has 2 aromatic rings. The summed E-state index contributed by atoms with van der Waals surface area (Å²) >= 11 is 0. The van der Waals surface area contributed by atoms with Gasteiger partial charge in [0.1, 0.15) is 17.6 Å². The number of hydrogen-bond donors (Lipinski definition) is 3. The fraction of sp³-hybridized carbons (Fsp3) is 0.0714. The van der Waals surface area contributed by atoms with E-state index in [-0.39, 0.29) is 22.6 Å². The van der Waals surface area contributed by atoms with Gasteiger partial charge in [-0.05, 0) is 18.2 Å². The second-order valence-electron chi connectivity index (χ2n) is 3.84. The standard InChI is InChI=1S/C14H12O4/c15-11-7-3-1-5-9(11)13(17)14(18)10-6-2-4-8-12(10)16/h1-8,13,15-17H. The molecule has 0 aromatic heterocycles. The Balaban J connectivity index is 2.36. The van der Waals surface area contributed by atoms with Crippen molar-refractivity contribution in [2.24, 2.45) is 0 Å². The van der Waals surface area contributed by atoms with Gasteiger partial charge in [-0.25, -0.2) is 0 Å². The van der Waals surface area contributed by atoms with Gasteiger partial charge in [-0.1, -0.05) is 30.3 Å². The van der Waals surface area contributed by atoms with E-state index in [2.05, 4.69) is 0 Å². The van der Waals surface area contributed by atoms with Crippen LogP contribution in [-0.2, 0) is 0 Å². The van der Waals surface area contributed by atoms with Crippen molar-refractivity contribution in [2.45, 2.75) is 6.10 Å². The molecule has 0 bridgehead atoms. The predicted molar refractivity (Wildman–Crippen MR) is 65.5 cm³/mol. The van der Waals surface area contributed by atoms with Crippen molar-refractivity contribution >= 4 is 5.78 Å². The molecule has 0 aliphatic rings. The molecule has 0 radical (unpaired) electrons. The first-order valence-corrected chi connectivity index (χ1v) is 5.39. The molecule has 2 rings (SSSR count). The van der Waals surface area contributed by atoms with Gasteiger partial charge in [-0.3, -0.25) is 4.79 Å². The van der Waals surface area contributed by atoms with Crippen LogP contribution in [0.3, 0.4) is 0 Å². The number of benzene rings is 2. The number of carbonyl (C=O) groups excluding carboxylic acids is 1. The third-order valence-electron chi connectivity index (χ3n) is 2.65. The molecule has 1 unspecified atom stereocenters. The summed E-state index contributed by atoms with van der Waals surface area (Å²) in [6.07, 6.45) is -1.50. The van der Waals surface area contributed by atoms with Gasteiger partial charge in [0.15, 0.2) is 5.78 Å². The number of aliphatic hydroxyl groups is 1. The second kappa shape index (κ2) is 4.89. The van der Waals surface area contributed by atoms with Crippen molar-refractivity contribution in [3.05, 3.63) is 59.7 Å². The summed E-state index contributed by atoms with van der Waals surface area (Å²) in [6.45, 7) is 0. The number of carbonyl (C=O) groups is 1. The van der Waals surface area contributed by atoms with Crippen molar-refractivity contribution < 1.29 is 20.1 Å². The lowest BCUT2D eigenvalue weighted by Crippen LogP contribution is -2.12. The number of Topliss-reactive ketones (excluding diaryl/α,β-unsaturated/α-hetero) is 1. The molecule has 4 nitrogen and oxygen atoms in total. The Hall–Kier alpha value is -2.33. The number of phenolic OH excluding ortho intramolecular Hbond substituents is 2. The van der Waals surface area contributed by atoms with Crippen LogP contribution in [0.5, 0.6) is 11.5 Å². The first-order chi connectivity index (χ1) is 8.61. The van der Waals surface area contributed by atoms with Crippen molar-refractivity contribution in [2.75, 3.05) is 0 Å². The van der Waals surface area contributed by atoms with Crippen molar-refractivity contribution in [1.82, 2.24) is 0 Å². The zero-order valence-corrected chi connectivity index (χ0v) is 9.45. The molecule has 1 atom stereocenters. The van der Waals surface area contributed by atoms with Gasteiger partial charge >= 0.3 is 0 Å². The molecule has 0 saturated carbocycles. The smallest absolute Gasteiger partial charge is 0.199 e. The summed E-state index contributed by atoms with van der Waals surface area (Å²) in [5, 5.41) is 29.0. The van der Waals surface area contributed by atoms with Crippen LogP contribution in [0.4, 0.5) is 0 Å². The summed E-state index contributed by atoms with van der Waals surface area (Å²) in [7, 11) is 0. The molecule has 0 aliphatic carbocycles. The zero-order valence-electron chi connectivity index (χ0n) is 9.45. The van der Waals surface area contributed by atoms with Crippen LogP contribution < -0.4 is 0 Å². The largest absolute Gasteiger partial charge is 0.508 e. The molecule has 0 amide bonds. The number of ketones is 1. The highest BCUT2D eigenvalue weighted by atomic mass is 16.3. The molecule has 18 heavy (non-hydrogen) atoms. The molecule has 0 spiro atoms. The van der Waals surface area contributed by atoms with Crippen LogP contribution in [0.25, 0.3) is 0 Å². The van der Waals surface area contributed by atoms with E-state index in [1.54, 1.807) is 24.3 Å². The highest BCUT2D eigenvalue weighted by Crippen LogP contribution is 2.28. The molecular formula is C14H12O4. The molecule has 4 heteroatoms. The van der Waals surface area contributed by atoms with Crippen LogP contribution in [0.15, 0.2) is 48.5 Å². The summed E-state index contributed by atoms with van der Waals surface area (Å²) in [6, 6.07) is 12.0. The normalized spacial score (nSPS) is 12.1. The number of aromatic hydroxyl groups is 2. The van der Waals surface area contributed by atoms with Gasteiger partial charge in [0, 0.05) is 5.56 Å². The average molecular weight is 244 g/mol. The number of aliphatic hydroxyl groups excluding tert-OH is 1. The van der Waals surface area contributed by atoms with Gasteiger partial charge in [-0.15, -0.1) is 0 Å². The second-order valence-corrected chi connectivity index (χ2v) is 3.84. The fourth-order valence-electron chi connectivity index (χ4n) is 1.69. The molecule has 0 aliphatic heterocycles. The molecule has 2 aromatic carbocycles. The summed E-state index contributed by atoms with van der Waals surface area (Å²) in [4.78, 5) is 12.0. The van der Waals surface area contributed by atoms with Crippen LogP contribution in [0.1, 0.15) is 22.0 Å². The van der Waals surface area contributed by atoms with E-state index >= 15 is 0 Å². The lowest BCUT2D eigenvalue weighted by Gasteiger charge is -2.12. The highest BCUT2D eigenvalue weighted by molar-refractivity contribution is 6.02. The van der Waals surface area contributed by atoms with Gasteiger partial charge in [0.2, 0.25) is 0 Å². The third kappa shape index (κ3) is 2.19. The van der Waals surface area contributed by atoms with E-state index in [1.807, 2.05) is 0 Å². The van der Waals surface area contributed by atoms with E-state index in [0.717, 1.165) is 0 Å². The predicted octanol–water partition coefficient (Wildman–Crippen LogP) is 2.01. The number of hydrogen-bond acceptors (Lipinski definition) is 4. The monoisotopic (exact) mass is 244 g/mol. The summed E-state index contributed by atoms with van der Waals surface area (Å²) in [5.74, 6) is -1.01. The molecule has 0 saturated heterocycles. The van der Waals surface area contributed by atoms with E-state index in [0.29, 0.717) is 0 Å². The van der Waals surface area contributed by atoms with E-state index in [9.17, 15) is 20.1 Å². The first-order valence-electron chi connectivity index (χ1n) is 5.39. The van der Waals surface area contributed by atoms with Crippen LogP contribution in [0, 0.1) is 0 Å². The lowest BCUT2D eigenvalue weighted by atomic mass is 9.99. The third-order valence-corrected chi connectivity index (χ3v) is 2.65. The van der Waals surface area contributed by atoms with Crippen molar-refractivity contribution in [3.63, 3.8) is 0 Å². The maximum absolute atomic E-state index is 12.0. The minimum absolute atomic E-state index is 0.0215. The minimum atomic E-state index is -1.50. The average Bonchev–Trinajstić information content (AvgIpc) is 2.38. The first kappa shape index (κ1) is 12.1. The van der Waals surface area contributed by atoms with E-state index in [1.165, 1.54) is 24.3 Å². The maximum Gasteiger partial charge on any atom is 0.199 e. The van der Waals surface area contributed by atoms with Crippen LogP contribution in [-0.4, -0.2) is 21.1 Å². The Morgan fingerprint density at radius 1 is 0.889 bits per heavy atom. The lowest BCUT2D eigenvalue weighted by molar-refractivity contribution is 0.0739. The van der Waals surface area contributed by atoms with Crippen LogP contribution in [0.2, 0.25) is 0 Å². The SMILES string of the molecule is O=C(c1ccccc1O)C(O)c1ccccc1O. The topological polar surface area (TPSA) is 77.8 Å². The molecular weight excluding hydrogens is 232 g/mol. The maximum atomic E-state index is 12.0. The highest BCUT2D eigenvalue weighted by Gasteiger charge is 2.23. The van der Waals surface area contributed by atoms with Gasteiger partial charge < -0.3 is 15.3 Å². The summed E-state index contributed by atoms with van der Waals surface area (Å²) in [5.41, 5.74) is 0.138. The van der Waals surface area contributed by atoms with E-state index in [4.69, 9.17) is 0 Å². The molecule has 0 heterocycles. The Morgan fingerprint density at radius 3 is 2.06 bits per heavy atom. The van der Waals surface area contributed by atoms with E-state index < -0.39 is 11.9 Å². The Bertz CT molecular complexity index is 578. The molecule has 92 valence electrons. The quantitative estimate of drug-likeness (QED) is 0.722.